The van der Waals surface area contributed by atoms with E-state index in [9.17, 15) is 10.1 Å². The van der Waals surface area contributed by atoms with Crippen LogP contribution in [-0.4, -0.2) is 17.7 Å². The average Bonchev–Trinajstić information content (AvgIpc) is 3.27. The molecule has 1 saturated heterocycles. The van der Waals surface area contributed by atoms with Crippen molar-refractivity contribution in [3.05, 3.63) is 107 Å². The van der Waals surface area contributed by atoms with Gasteiger partial charge >= 0.3 is 0 Å². The third-order valence-electron chi connectivity index (χ3n) is 5.76. The lowest BCUT2D eigenvalue weighted by Crippen LogP contribution is -2.19. The molecule has 1 aliphatic rings. The summed E-state index contributed by atoms with van der Waals surface area (Å²) in [4.78, 5) is 17.9. The van der Waals surface area contributed by atoms with Gasteiger partial charge in [0, 0.05) is 11.1 Å². The monoisotopic (exact) mass is 505 g/mol. The number of nitrogens with one attached hydrogen (secondary N) is 1. The largest absolute Gasteiger partial charge is 0.494 e. The van der Waals surface area contributed by atoms with Gasteiger partial charge in [-0.25, -0.2) is 4.99 Å². The zero-order chi connectivity index (χ0) is 25.6. The van der Waals surface area contributed by atoms with Crippen LogP contribution in [0.4, 0.5) is 5.69 Å². The minimum absolute atomic E-state index is 0.219. The van der Waals surface area contributed by atoms with Crippen LogP contribution in [-0.2, 0) is 11.4 Å². The van der Waals surface area contributed by atoms with Gasteiger partial charge in [-0.2, -0.15) is 5.26 Å². The number of amides is 1. The smallest absolute Gasteiger partial charge is 0.264 e. The summed E-state index contributed by atoms with van der Waals surface area (Å²) in [7, 11) is 0. The lowest BCUT2D eigenvalue weighted by Gasteiger charge is -2.13. The van der Waals surface area contributed by atoms with Crippen molar-refractivity contribution in [2.45, 2.75) is 13.5 Å². The first-order chi connectivity index (χ1) is 18.1. The van der Waals surface area contributed by atoms with E-state index < -0.39 is 0 Å². The van der Waals surface area contributed by atoms with Gasteiger partial charge in [-0.1, -0.05) is 48.5 Å². The first kappa shape index (κ1) is 24.2. The van der Waals surface area contributed by atoms with Gasteiger partial charge in [0.2, 0.25) is 0 Å². The summed E-state index contributed by atoms with van der Waals surface area (Å²) in [6.45, 7) is 2.77. The topological polar surface area (TPSA) is 83.7 Å². The Balaban J connectivity index is 1.45. The van der Waals surface area contributed by atoms with E-state index in [2.05, 4.69) is 16.4 Å². The van der Waals surface area contributed by atoms with Crippen LogP contribution in [0.1, 0.15) is 23.6 Å². The Labute approximate surface area is 219 Å². The summed E-state index contributed by atoms with van der Waals surface area (Å²) in [6, 6.07) is 28.8. The van der Waals surface area contributed by atoms with Crippen LogP contribution < -0.4 is 14.8 Å². The number of hydrogen-bond acceptors (Lipinski definition) is 6. The highest BCUT2D eigenvalue weighted by Gasteiger charge is 2.25. The summed E-state index contributed by atoms with van der Waals surface area (Å²) < 4.78 is 11.7. The average molecular weight is 506 g/mol. The van der Waals surface area contributed by atoms with E-state index in [0.717, 1.165) is 33.3 Å². The van der Waals surface area contributed by atoms with Crippen molar-refractivity contribution in [1.29, 1.82) is 5.26 Å². The molecule has 7 heteroatoms. The van der Waals surface area contributed by atoms with Crippen molar-refractivity contribution in [3.63, 3.8) is 0 Å². The van der Waals surface area contributed by atoms with E-state index in [4.69, 9.17) is 9.47 Å². The zero-order valence-electron chi connectivity index (χ0n) is 20.1. The summed E-state index contributed by atoms with van der Waals surface area (Å²) in [5, 5.41) is 14.8. The Morgan fingerprint density at radius 1 is 0.973 bits per heavy atom. The number of amidine groups is 1. The maximum absolute atomic E-state index is 12.9. The molecule has 0 spiro atoms. The molecule has 0 unspecified atom stereocenters. The Morgan fingerprint density at radius 3 is 2.57 bits per heavy atom. The minimum atomic E-state index is -0.219. The molecule has 0 radical (unpaired) electrons. The number of thioether (sulfide) groups is 1. The quantitative estimate of drug-likeness (QED) is 0.287. The molecule has 1 N–H and O–H groups in total. The van der Waals surface area contributed by atoms with Crippen LogP contribution in [0.3, 0.4) is 0 Å². The maximum atomic E-state index is 12.9. The number of nitrogens with zero attached hydrogens (tertiary/aromatic N) is 2. The van der Waals surface area contributed by atoms with Gasteiger partial charge < -0.3 is 14.8 Å². The number of fused-ring (bicyclic) bond motifs is 1. The molecule has 6 nitrogen and oxygen atoms in total. The summed E-state index contributed by atoms with van der Waals surface area (Å²) in [6.07, 6.45) is 1.84. The van der Waals surface area contributed by atoms with E-state index in [1.807, 2.05) is 91.9 Å². The predicted molar refractivity (Wildman–Crippen MR) is 148 cm³/mol. The van der Waals surface area contributed by atoms with Crippen molar-refractivity contribution in [3.8, 4) is 17.6 Å². The Morgan fingerprint density at radius 2 is 1.76 bits per heavy atom. The first-order valence-electron chi connectivity index (χ1n) is 11.8. The molecule has 0 bridgehead atoms. The molecule has 0 atom stereocenters. The SMILES string of the molecule is CCOc1ccc(N=C2NC(=O)/C(=C\c3c(OCc4ccccc4C#N)ccc4ccccc34)S2)cc1. The third-order valence-corrected chi connectivity index (χ3v) is 6.67. The highest BCUT2D eigenvalue weighted by atomic mass is 32.2. The fourth-order valence-electron chi connectivity index (χ4n) is 3.97. The predicted octanol–water partition coefficient (Wildman–Crippen LogP) is 6.58. The van der Waals surface area contributed by atoms with Crippen LogP contribution in [0.15, 0.2) is 94.8 Å². The molecule has 1 aliphatic heterocycles. The number of aliphatic imine (C=N–C) groups is 1. The van der Waals surface area contributed by atoms with E-state index in [1.54, 1.807) is 6.07 Å². The molecule has 37 heavy (non-hydrogen) atoms. The maximum Gasteiger partial charge on any atom is 0.264 e. The minimum Gasteiger partial charge on any atom is -0.494 e. The fraction of sp³-hybridized carbons (Fsp3) is 0.100. The molecule has 182 valence electrons. The van der Waals surface area contributed by atoms with Crippen LogP contribution in [0.25, 0.3) is 16.8 Å². The second-order valence-corrected chi connectivity index (χ2v) is 9.20. The van der Waals surface area contributed by atoms with E-state index in [0.29, 0.717) is 28.0 Å². The van der Waals surface area contributed by atoms with Crippen LogP contribution >= 0.6 is 11.8 Å². The molecule has 4 aromatic carbocycles. The third kappa shape index (κ3) is 5.50. The van der Waals surface area contributed by atoms with Crippen LogP contribution in [0.5, 0.6) is 11.5 Å². The number of nitriles is 1. The van der Waals surface area contributed by atoms with Crippen LogP contribution in [0, 0.1) is 11.3 Å². The standard InChI is InChI=1S/C30H23N3O3S/c1-2-35-24-14-12-23(13-15-24)32-30-33-29(34)28(37-30)17-26-25-10-6-5-7-20(25)11-16-27(26)36-19-22-9-4-3-8-21(22)18-31/h3-17H,2,19H2,1H3,(H,32,33,34)/b28-17+. The molecule has 1 heterocycles. The van der Waals surface area contributed by atoms with E-state index >= 15 is 0 Å². The molecule has 1 fully saturated rings. The summed E-state index contributed by atoms with van der Waals surface area (Å²) >= 11 is 1.28. The molecule has 1 amide bonds. The van der Waals surface area contributed by atoms with Crippen molar-refractivity contribution in [2.75, 3.05) is 6.61 Å². The second kappa shape index (κ2) is 11.0. The summed E-state index contributed by atoms with van der Waals surface area (Å²) in [5.41, 5.74) is 2.89. The van der Waals surface area contributed by atoms with Gasteiger partial charge in [-0.15, -0.1) is 0 Å². The Kier molecular flexibility index (Phi) is 7.20. The highest BCUT2D eigenvalue weighted by molar-refractivity contribution is 8.18. The summed E-state index contributed by atoms with van der Waals surface area (Å²) in [5.74, 6) is 1.18. The molecule has 0 aliphatic carbocycles. The van der Waals surface area contributed by atoms with Crippen molar-refractivity contribution in [2.24, 2.45) is 4.99 Å². The number of rotatable bonds is 7. The Hall–Kier alpha value is -4.54. The van der Waals surface area contributed by atoms with Gasteiger partial charge in [0.25, 0.3) is 5.91 Å². The normalized spacial score (nSPS) is 15.1. The number of carbonyl (C=O) groups excluding carboxylic acids is 1. The number of ether oxygens (including phenoxy) is 2. The van der Waals surface area contributed by atoms with Crippen molar-refractivity contribution in [1.82, 2.24) is 5.32 Å². The van der Waals surface area contributed by atoms with Gasteiger partial charge in [0.1, 0.15) is 18.1 Å². The number of benzene rings is 4. The molecule has 5 rings (SSSR count). The molecule has 0 aromatic heterocycles. The Bertz CT molecular complexity index is 1570. The highest BCUT2D eigenvalue weighted by Crippen LogP contribution is 2.35. The van der Waals surface area contributed by atoms with Gasteiger partial charge in [0.05, 0.1) is 28.8 Å². The molecule has 0 saturated carbocycles. The van der Waals surface area contributed by atoms with Gasteiger partial charge in [-0.3, -0.25) is 4.79 Å². The lowest BCUT2D eigenvalue weighted by molar-refractivity contribution is -0.115. The molecular weight excluding hydrogens is 482 g/mol. The van der Waals surface area contributed by atoms with Gasteiger partial charge in [0.15, 0.2) is 5.17 Å². The van der Waals surface area contributed by atoms with E-state index in [-0.39, 0.29) is 12.5 Å². The first-order valence-corrected chi connectivity index (χ1v) is 12.6. The second-order valence-electron chi connectivity index (χ2n) is 8.16. The van der Waals surface area contributed by atoms with Gasteiger partial charge in [-0.05, 0) is 71.9 Å². The molecular formula is C30H23N3O3S. The number of hydrogen-bond donors (Lipinski definition) is 1. The zero-order valence-corrected chi connectivity index (χ0v) is 20.9. The van der Waals surface area contributed by atoms with Crippen LogP contribution in [0.2, 0.25) is 0 Å². The van der Waals surface area contributed by atoms with Crippen molar-refractivity contribution >= 4 is 45.4 Å². The van der Waals surface area contributed by atoms with E-state index in [1.165, 1.54) is 11.8 Å². The fourth-order valence-corrected chi connectivity index (χ4v) is 4.80. The number of carbonyl (C=O) groups is 1. The van der Waals surface area contributed by atoms with Crippen molar-refractivity contribution < 1.29 is 14.3 Å². The molecule has 4 aromatic rings. The lowest BCUT2D eigenvalue weighted by atomic mass is 10.0.